The zero-order valence-corrected chi connectivity index (χ0v) is 16.1. The lowest BCUT2D eigenvalue weighted by Crippen LogP contribution is -2.31. The van der Waals surface area contributed by atoms with Crippen molar-refractivity contribution in [3.05, 3.63) is 82.9 Å². The Balaban J connectivity index is 1.75. The summed E-state index contributed by atoms with van der Waals surface area (Å²) >= 11 is 5.85. The number of hydrogen-bond donors (Lipinski definition) is 1. The second kappa shape index (κ2) is 7.88. The van der Waals surface area contributed by atoms with Crippen LogP contribution in [0.5, 0.6) is 0 Å². The second-order valence-electron chi connectivity index (χ2n) is 5.99. The number of hydrogen-bond acceptors (Lipinski definition) is 4. The van der Waals surface area contributed by atoms with Gasteiger partial charge < -0.3 is 4.57 Å². The van der Waals surface area contributed by atoms with Crippen LogP contribution in [-0.4, -0.2) is 23.9 Å². The van der Waals surface area contributed by atoms with E-state index in [9.17, 15) is 26.4 Å². The van der Waals surface area contributed by atoms with Crippen LogP contribution in [-0.2, 0) is 22.7 Å². The number of imidazole rings is 1. The minimum Gasteiger partial charge on any atom is -0.332 e. The number of alkyl halides is 3. The van der Waals surface area contributed by atoms with Gasteiger partial charge in [0.2, 0.25) is 0 Å². The van der Waals surface area contributed by atoms with E-state index in [1.807, 2.05) is 4.72 Å². The van der Waals surface area contributed by atoms with Gasteiger partial charge in [0.05, 0.1) is 16.9 Å². The summed E-state index contributed by atoms with van der Waals surface area (Å²) in [7, 11) is -4.22. The summed E-state index contributed by atoms with van der Waals surface area (Å²) < 4.78 is 66.3. The third-order valence-electron chi connectivity index (χ3n) is 3.84. The van der Waals surface area contributed by atoms with Gasteiger partial charge in [0, 0.05) is 12.7 Å². The highest BCUT2D eigenvalue weighted by Gasteiger charge is 2.30. The largest absolute Gasteiger partial charge is 0.416 e. The number of nitrogens with one attached hydrogen (secondary N) is 1. The van der Waals surface area contributed by atoms with Gasteiger partial charge in [0.15, 0.2) is 0 Å². The highest BCUT2D eigenvalue weighted by atomic mass is 35.5. The lowest BCUT2D eigenvalue weighted by molar-refractivity contribution is -0.137. The van der Waals surface area contributed by atoms with Gasteiger partial charge in [-0.15, -0.1) is 0 Å². The standard InChI is InChI=1S/C18H13ClF3N3O3S/c19-14-6-1-2-7-16(14)29(27,28)24-17(26)15-10-25(11-23-15)9-12-4-3-5-13(8-12)18(20,21)22/h1-8,10-11H,9H2,(H,24,26). The average Bonchev–Trinajstić information content (AvgIpc) is 3.10. The van der Waals surface area contributed by atoms with Crippen LogP contribution in [0.25, 0.3) is 0 Å². The Hall–Kier alpha value is -2.85. The second-order valence-corrected chi connectivity index (χ2v) is 8.05. The predicted octanol–water partition coefficient (Wildman–Crippen LogP) is 3.72. The van der Waals surface area contributed by atoms with E-state index >= 15 is 0 Å². The first-order chi connectivity index (χ1) is 13.6. The van der Waals surface area contributed by atoms with Crippen LogP contribution in [0.2, 0.25) is 5.02 Å². The Labute approximate surface area is 169 Å². The van der Waals surface area contributed by atoms with E-state index < -0.39 is 27.7 Å². The number of sulfonamides is 1. The van der Waals surface area contributed by atoms with Crippen molar-refractivity contribution in [1.82, 2.24) is 14.3 Å². The molecule has 3 aromatic rings. The van der Waals surface area contributed by atoms with E-state index in [1.54, 1.807) is 6.07 Å². The molecule has 0 atom stereocenters. The van der Waals surface area contributed by atoms with Crippen molar-refractivity contribution < 1.29 is 26.4 Å². The van der Waals surface area contributed by atoms with Gasteiger partial charge in [-0.05, 0) is 29.8 Å². The van der Waals surface area contributed by atoms with Gasteiger partial charge in [-0.3, -0.25) is 4.79 Å². The minimum absolute atomic E-state index is 0.0153. The molecule has 0 saturated carbocycles. The molecule has 0 unspecified atom stereocenters. The van der Waals surface area contributed by atoms with Crippen molar-refractivity contribution in [3.63, 3.8) is 0 Å². The first-order valence-corrected chi connectivity index (χ1v) is 9.92. The molecule has 1 N–H and O–H groups in total. The molecule has 0 aliphatic rings. The molecule has 0 aliphatic heterocycles. The topological polar surface area (TPSA) is 81.1 Å². The lowest BCUT2D eigenvalue weighted by atomic mass is 10.1. The number of halogens is 4. The molecule has 1 heterocycles. The summed E-state index contributed by atoms with van der Waals surface area (Å²) in [5, 5.41) is -0.0529. The highest BCUT2D eigenvalue weighted by Crippen LogP contribution is 2.29. The molecule has 2 aromatic carbocycles. The van der Waals surface area contributed by atoms with Crippen molar-refractivity contribution in [2.45, 2.75) is 17.6 Å². The van der Waals surface area contributed by atoms with E-state index in [1.165, 1.54) is 47.4 Å². The zero-order valence-electron chi connectivity index (χ0n) is 14.5. The van der Waals surface area contributed by atoms with Crippen molar-refractivity contribution in [1.29, 1.82) is 0 Å². The van der Waals surface area contributed by atoms with Crippen molar-refractivity contribution in [3.8, 4) is 0 Å². The molecule has 29 heavy (non-hydrogen) atoms. The summed E-state index contributed by atoms with van der Waals surface area (Å²) in [5.41, 5.74) is -0.667. The number of carbonyl (C=O) groups excluding carboxylic acids is 1. The van der Waals surface area contributed by atoms with Gasteiger partial charge in [-0.25, -0.2) is 18.1 Å². The maximum atomic E-state index is 12.8. The zero-order chi connectivity index (χ0) is 21.2. The first kappa shape index (κ1) is 20.9. The molecule has 0 aliphatic carbocycles. The fraction of sp³-hybridized carbons (Fsp3) is 0.111. The Morgan fingerprint density at radius 1 is 1.14 bits per heavy atom. The minimum atomic E-state index is -4.47. The molecule has 3 rings (SSSR count). The molecule has 0 radical (unpaired) electrons. The average molecular weight is 444 g/mol. The monoisotopic (exact) mass is 443 g/mol. The van der Waals surface area contributed by atoms with Crippen LogP contribution in [0.1, 0.15) is 21.6 Å². The Kier molecular flexibility index (Phi) is 5.67. The molecule has 6 nitrogen and oxygen atoms in total. The smallest absolute Gasteiger partial charge is 0.332 e. The maximum absolute atomic E-state index is 12.8. The van der Waals surface area contributed by atoms with Crippen LogP contribution >= 0.6 is 11.6 Å². The fourth-order valence-corrected chi connectivity index (χ4v) is 3.99. The molecule has 1 amide bonds. The van der Waals surface area contributed by atoms with Gasteiger partial charge in [-0.1, -0.05) is 35.9 Å². The van der Waals surface area contributed by atoms with E-state index in [2.05, 4.69) is 4.98 Å². The number of aromatic nitrogens is 2. The van der Waals surface area contributed by atoms with Crippen LogP contribution in [0.3, 0.4) is 0 Å². The Morgan fingerprint density at radius 3 is 2.55 bits per heavy atom. The molecule has 0 saturated heterocycles. The van der Waals surface area contributed by atoms with Gasteiger partial charge in [0.1, 0.15) is 10.6 Å². The molecule has 0 bridgehead atoms. The lowest BCUT2D eigenvalue weighted by Gasteiger charge is -2.09. The van der Waals surface area contributed by atoms with Crippen LogP contribution in [0.15, 0.2) is 66.0 Å². The van der Waals surface area contributed by atoms with Crippen molar-refractivity contribution in [2.75, 3.05) is 0 Å². The number of rotatable bonds is 5. The third kappa shape index (κ3) is 4.96. The first-order valence-electron chi connectivity index (χ1n) is 8.06. The molecular weight excluding hydrogens is 431 g/mol. The van der Waals surface area contributed by atoms with Gasteiger partial charge >= 0.3 is 6.18 Å². The molecule has 1 aromatic heterocycles. The summed E-state index contributed by atoms with van der Waals surface area (Å²) in [6, 6.07) is 10.3. The number of carbonyl (C=O) groups is 1. The van der Waals surface area contributed by atoms with Crippen molar-refractivity contribution >= 4 is 27.5 Å². The Morgan fingerprint density at radius 2 is 1.86 bits per heavy atom. The van der Waals surface area contributed by atoms with E-state index in [-0.39, 0.29) is 22.2 Å². The molecule has 152 valence electrons. The van der Waals surface area contributed by atoms with E-state index in [0.717, 1.165) is 12.1 Å². The van der Waals surface area contributed by atoms with Crippen LogP contribution in [0.4, 0.5) is 13.2 Å². The summed E-state index contributed by atoms with van der Waals surface area (Å²) in [6.07, 6.45) is -2.02. The molecule has 11 heteroatoms. The third-order valence-corrected chi connectivity index (χ3v) is 5.67. The SMILES string of the molecule is O=C(NS(=O)(=O)c1ccccc1Cl)c1cn(Cc2cccc(C(F)(F)F)c2)cn1. The number of amides is 1. The van der Waals surface area contributed by atoms with Crippen LogP contribution < -0.4 is 4.72 Å². The fourth-order valence-electron chi connectivity index (χ4n) is 2.51. The predicted molar refractivity (Wildman–Crippen MR) is 98.9 cm³/mol. The normalized spacial score (nSPS) is 12.0. The van der Waals surface area contributed by atoms with E-state index in [4.69, 9.17) is 11.6 Å². The summed E-state index contributed by atoms with van der Waals surface area (Å²) in [5.74, 6) is -0.993. The van der Waals surface area contributed by atoms with Crippen molar-refractivity contribution in [2.24, 2.45) is 0 Å². The highest BCUT2D eigenvalue weighted by molar-refractivity contribution is 7.90. The molecule has 0 fully saturated rings. The van der Waals surface area contributed by atoms with Crippen LogP contribution in [0, 0.1) is 0 Å². The molecular formula is C18H13ClF3N3O3S. The quantitative estimate of drug-likeness (QED) is 0.651. The number of benzene rings is 2. The molecule has 0 spiro atoms. The maximum Gasteiger partial charge on any atom is 0.416 e. The summed E-state index contributed by atoms with van der Waals surface area (Å²) in [4.78, 5) is 15.8. The van der Waals surface area contributed by atoms with Gasteiger partial charge in [0.25, 0.3) is 15.9 Å². The number of nitrogens with zero attached hydrogens (tertiary/aromatic N) is 2. The van der Waals surface area contributed by atoms with E-state index in [0.29, 0.717) is 5.56 Å². The Bertz CT molecular complexity index is 1160. The summed E-state index contributed by atoms with van der Waals surface area (Å²) in [6.45, 7) is 0.0153. The van der Waals surface area contributed by atoms with Gasteiger partial charge in [-0.2, -0.15) is 13.2 Å².